The maximum Gasteiger partial charge on any atom is 0.133 e. The van der Waals surface area contributed by atoms with E-state index in [2.05, 4.69) is 30.7 Å². The molecular formula is C9H12OS2. The van der Waals surface area contributed by atoms with Gasteiger partial charge in [0.15, 0.2) is 0 Å². The van der Waals surface area contributed by atoms with Gasteiger partial charge in [0, 0.05) is 9.79 Å². The number of ether oxygens (including phenoxy) is 1. The quantitative estimate of drug-likeness (QED) is 0.694. The molecule has 0 saturated carbocycles. The van der Waals surface area contributed by atoms with Gasteiger partial charge in [-0.3, -0.25) is 0 Å². The summed E-state index contributed by atoms with van der Waals surface area (Å²) in [4.78, 5) is 2.43. The number of rotatable bonds is 3. The summed E-state index contributed by atoms with van der Waals surface area (Å²) in [5, 5.41) is 0. The third-order valence-electron chi connectivity index (χ3n) is 1.59. The van der Waals surface area contributed by atoms with Crippen LogP contribution in [-0.2, 0) is 0 Å². The fourth-order valence-electron chi connectivity index (χ4n) is 0.944. The van der Waals surface area contributed by atoms with Crippen LogP contribution in [0.5, 0.6) is 5.75 Å². The lowest BCUT2D eigenvalue weighted by atomic mass is 10.3. The van der Waals surface area contributed by atoms with E-state index in [9.17, 15) is 0 Å². The molecule has 1 nitrogen and oxygen atoms in total. The van der Waals surface area contributed by atoms with Crippen LogP contribution in [0.3, 0.4) is 0 Å². The molecule has 0 spiro atoms. The molecule has 0 aliphatic rings. The van der Waals surface area contributed by atoms with Crippen LogP contribution in [-0.4, -0.2) is 19.6 Å². The van der Waals surface area contributed by atoms with Crippen molar-refractivity contribution in [3.63, 3.8) is 0 Å². The zero-order chi connectivity index (χ0) is 8.97. The summed E-state index contributed by atoms with van der Waals surface area (Å²) < 4.78 is 5.24. The molecule has 0 aromatic heterocycles. The highest BCUT2D eigenvalue weighted by Gasteiger charge is 2.01. The average molecular weight is 200 g/mol. The highest BCUT2D eigenvalue weighted by Crippen LogP contribution is 2.30. The number of benzene rings is 1. The van der Waals surface area contributed by atoms with E-state index in [4.69, 9.17) is 4.74 Å². The molecule has 0 atom stereocenters. The molecule has 1 aromatic carbocycles. The Labute approximate surface area is 81.9 Å². The summed E-state index contributed by atoms with van der Waals surface area (Å²) in [6, 6.07) is 6.27. The van der Waals surface area contributed by atoms with Crippen LogP contribution in [0, 0.1) is 0 Å². The van der Waals surface area contributed by atoms with Crippen molar-refractivity contribution < 1.29 is 4.74 Å². The molecule has 0 fully saturated rings. The number of methoxy groups -OCH3 is 1. The van der Waals surface area contributed by atoms with Gasteiger partial charge < -0.3 is 4.74 Å². The molecule has 0 amide bonds. The number of thioether (sulfide) groups is 2. The maximum absolute atomic E-state index is 5.24. The largest absolute Gasteiger partial charge is 0.496 e. The molecule has 1 aromatic rings. The standard InChI is InChI=1S/C9H12OS2/c1-10-8-6-7(11-2)4-5-9(8)12-3/h4-6H,1-3H3. The maximum atomic E-state index is 5.24. The molecular weight excluding hydrogens is 188 g/mol. The van der Waals surface area contributed by atoms with Crippen molar-refractivity contribution in [3.8, 4) is 5.75 Å². The first-order valence-electron chi connectivity index (χ1n) is 3.58. The Bertz CT molecular complexity index is 261. The normalized spacial score (nSPS) is 9.92. The van der Waals surface area contributed by atoms with Crippen molar-refractivity contribution in [1.29, 1.82) is 0 Å². The summed E-state index contributed by atoms with van der Waals surface area (Å²) >= 11 is 3.43. The van der Waals surface area contributed by atoms with Gasteiger partial charge in [-0.1, -0.05) is 0 Å². The fraction of sp³-hybridized carbons (Fsp3) is 0.333. The molecule has 0 bridgehead atoms. The van der Waals surface area contributed by atoms with E-state index < -0.39 is 0 Å². The first kappa shape index (κ1) is 9.81. The van der Waals surface area contributed by atoms with Crippen LogP contribution in [0.4, 0.5) is 0 Å². The molecule has 12 heavy (non-hydrogen) atoms. The van der Waals surface area contributed by atoms with E-state index in [0.717, 1.165) is 5.75 Å². The first-order chi connectivity index (χ1) is 5.81. The van der Waals surface area contributed by atoms with Crippen LogP contribution in [0.1, 0.15) is 0 Å². The summed E-state index contributed by atoms with van der Waals surface area (Å²) in [5.41, 5.74) is 0. The second kappa shape index (κ2) is 4.67. The van der Waals surface area contributed by atoms with Crippen molar-refractivity contribution in [2.24, 2.45) is 0 Å². The fourth-order valence-corrected chi connectivity index (χ4v) is 1.92. The molecule has 0 radical (unpaired) electrons. The van der Waals surface area contributed by atoms with Crippen LogP contribution < -0.4 is 4.74 Å². The predicted octanol–water partition coefficient (Wildman–Crippen LogP) is 3.14. The third-order valence-corrected chi connectivity index (χ3v) is 3.09. The summed E-state index contributed by atoms with van der Waals surface area (Å²) in [6.07, 6.45) is 4.12. The second-order valence-corrected chi connectivity index (χ2v) is 3.95. The Balaban J connectivity index is 3.02. The van der Waals surface area contributed by atoms with Crippen molar-refractivity contribution in [3.05, 3.63) is 18.2 Å². The topological polar surface area (TPSA) is 9.23 Å². The molecule has 0 aliphatic heterocycles. The van der Waals surface area contributed by atoms with E-state index in [1.54, 1.807) is 30.6 Å². The van der Waals surface area contributed by atoms with Crippen molar-refractivity contribution in [2.45, 2.75) is 9.79 Å². The minimum Gasteiger partial charge on any atom is -0.496 e. The van der Waals surface area contributed by atoms with Crippen LogP contribution in [0.15, 0.2) is 28.0 Å². The van der Waals surface area contributed by atoms with Gasteiger partial charge >= 0.3 is 0 Å². The molecule has 0 heterocycles. The Kier molecular flexibility index (Phi) is 3.82. The van der Waals surface area contributed by atoms with Gasteiger partial charge in [-0.15, -0.1) is 23.5 Å². The van der Waals surface area contributed by atoms with Gasteiger partial charge in [-0.05, 0) is 30.7 Å². The van der Waals surface area contributed by atoms with Gasteiger partial charge in [-0.25, -0.2) is 0 Å². The Morgan fingerprint density at radius 3 is 2.42 bits per heavy atom. The van der Waals surface area contributed by atoms with Crippen LogP contribution >= 0.6 is 23.5 Å². The monoisotopic (exact) mass is 200 g/mol. The summed E-state index contributed by atoms with van der Waals surface area (Å²) in [5.74, 6) is 0.967. The van der Waals surface area contributed by atoms with Crippen molar-refractivity contribution in [1.82, 2.24) is 0 Å². The molecule has 0 unspecified atom stereocenters. The third kappa shape index (κ3) is 2.11. The minimum absolute atomic E-state index is 0.967. The molecule has 3 heteroatoms. The van der Waals surface area contributed by atoms with Crippen molar-refractivity contribution >= 4 is 23.5 Å². The Morgan fingerprint density at radius 2 is 1.92 bits per heavy atom. The first-order valence-corrected chi connectivity index (χ1v) is 6.02. The van der Waals surface area contributed by atoms with Crippen molar-refractivity contribution in [2.75, 3.05) is 19.6 Å². The van der Waals surface area contributed by atoms with E-state index in [0.29, 0.717) is 0 Å². The van der Waals surface area contributed by atoms with Gasteiger partial charge in [0.1, 0.15) is 5.75 Å². The smallest absolute Gasteiger partial charge is 0.133 e. The zero-order valence-corrected chi connectivity index (χ0v) is 9.09. The molecule has 0 N–H and O–H groups in total. The summed E-state index contributed by atoms with van der Waals surface area (Å²) in [6.45, 7) is 0. The van der Waals surface area contributed by atoms with E-state index in [1.165, 1.54) is 9.79 Å². The highest BCUT2D eigenvalue weighted by atomic mass is 32.2. The lowest BCUT2D eigenvalue weighted by Crippen LogP contribution is -1.85. The highest BCUT2D eigenvalue weighted by molar-refractivity contribution is 7.99. The average Bonchev–Trinajstić information content (AvgIpc) is 2.16. The van der Waals surface area contributed by atoms with Gasteiger partial charge in [0.25, 0.3) is 0 Å². The van der Waals surface area contributed by atoms with Crippen LogP contribution in [0.2, 0.25) is 0 Å². The van der Waals surface area contributed by atoms with E-state index in [-0.39, 0.29) is 0 Å². The second-order valence-electron chi connectivity index (χ2n) is 2.22. The predicted molar refractivity (Wildman–Crippen MR) is 56.6 cm³/mol. The van der Waals surface area contributed by atoms with Crippen LogP contribution in [0.25, 0.3) is 0 Å². The lowest BCUT2D eigenvalue weighted by molar-refractivity contribution is 0.403. The summed E-state index contributed by atoms with van der Waals surface area (Å²) in [7, 11) is 1.71. The Morgan fingerprint density at radius 1 is 1.17 bits per heavy atom. The van der Waals surface area contributed by atoms with E-state index in [1.807, 2.05) is 0 Å². The number of hydrogen-bond donors (Lipinski definition) is 0. The van der Waals surface area contributed by atoms with Gasteiger partial charge in [0.05, 0.1) is 7.11 Å². The molecule has 0 saturated heterocycles. The SMILES string of the molecule is COc1cc(SC)ccc1SC. The zero-order valence-electron chi connectivity index (χ0n) is 7.46. The lowest BCUT2D eigenvalue weighted by Gasteiger charge is -2.06. The number of hydrogen-bond acceptors (Lipinski definition) is 3. The molecule has 0 aliphatic carbocycles. The van der Waals surface area contributed by atoms with E-state index >= 15 is 0 Å². The Hall–Kier alpha value is -0.280. The van der Waals surface area contributed by atoms with Gasteiger partial charge in [0.2, 0.25) is 0 Å². The minimum atomic E-state index is 0.967. The van der Waals surface area contributed by atoms with Gasteiger partial charge in [-0.2, -0.15) is 0 Å². The molecule has 66 valence electrons. The molecule has 1 rings (SSSR count).